The van der Waals surface area contributed by atoms with Crippen molar-refractivity contribution in [2.24, 2.45) is 5.73 Å². The van der Waals surface area contributed by atoms with Crippen LogP contribution in [0.15, 0.2) is 0 Å². The van der Waals surface area contributed by atoms with E-state index in [9.17, 15) is 13.2 Å². The predicted octanol–water partition coefficient (Wildman–Crippen LogP) is -0.344. The van der Waals surface area contributed by atoms with Crippen molar-refractivity contribution in [2.45, 2.75) is 38.6 Å². The number of rotatable bonds is 7. The van der Waals surface area contributed by atoms with Gasteiger partial charge in [0.05, 0.1) is 11.8 Å². The van der Waals surface area contributed by atoms with Gasteiger partial charge in [-0.1, -0.05) is 0 Å². The Bertz CT molecular complexity index is 364. The van der Waals surface area contributed by atoms with Crippen LogP contribution in [0, 0.1) is 0 Å². The highest BCUT2D eigenvalue weighted by Gasteiger charge is 2.23. The van der Waals surface area contributed by atoms with Crippen molar-refractivity contribution in [2.75, 3.05) is 25.4 Å². The monoisotopic (exact) mass is 277 g/mol. The van der Waals surface area contributed by atoms with Gasteiger partial charge in [0, 0.05) is 19.6 Å². The van der Waals surface area contributed by atoms with E-state index in [0.717, 1.165) is 25.9 Å². The van der Waals surface area contributed by atoms with E-state index in [0.29, 0.717) is 19.4 Å². The minimum atomic E-state index is -3.14. The molecule has 1 unspecified atom stereocenters. The molecule has 1 aliphatic heterocycles. The molecule has 18 heavy (non-hydrogen) atoms. The molecule has 106 valence electrons. The van der Waals surface area contributed by atoms with Gasteiger partial charge in [-0.2, -0.15) is 0 Å². The van der Waals surface area contributed by atoms with Crippen LogP contribution in [-0.2, 0) is 14.8 Å². The van der Waals surface area contributed by atoms with Gasteiger partial charge in [0.15, 0.2) is 0 Å². The van der Waals surface area contributed by atoms with Crippen LogP contribution in [0.25, 0.3) is 0 Å². The van der Waals surface area contributed by atoms with Gasteiger partial charge < -0.3 is 10.6 Å². The van der Waals surface area contributed by atoms with Crippen molar-refractivity contribution in [1.29, 1.82) is 0 Å². The lowest BCUT2D eigenvalue weighted by atomic mass is 10.1. The van der Waals surface area contributed by atoms with Crippen molar-refractivity contribution >= 4 is 15.9 Å². The zero-order chi connectivity index (χ0) is 13.6. The molecule has 1 aliphatic rings. The Balaban J connectivity index is 2.20. The number of carbonyl (C=O) groups is 1. The first-order valence-corrected chi connectivity index (χ1v) is 8.13. The molecule has 6 nitrogen and oxygen atoms in total. The van der Waals surface area contributed by atoms with Gasteiger partial charge in [0.1, 0.15) is 0 Å². The Morgan fingerprint density at radius 2 is 2.00 bits per heavy atom. The standard InChI is InChI=1S/C11H23N3O3S/c1-2-18(16,17)13-7-5-6-10(12)11(15)14-8-3-4-9-14/h10,13H,2-9,12H2,1H3. The maximum absolute atomic E-state index is 11.9. The van der Waals surface area contributed by atoms with Crippen LogP contribution in [0.2, 0.25) is 0 Å². The Morgan fingerprint density at radius 3 is 2.56 bits per heavy atom. The second kappa shape index (κ2) is 7.06. The molecule has 0 aromatic rings. The molecule has 1 rings (SSSR count). The molecule has 0 aromatic carbocycles. The van der Waals surface area contributed by atoms with Gasteiger partial charge in [-0.15, -0.1) is 0 Å². The molecule has 7 heteroatoms. The first kappa shape index (κ1) is 15.4. The van der Waals surface area contributed by atoms with Gasteiger partial charge in [-0.3, -0.25) is 4.79 Å². The molecule has 0 aliphatic carbocycles. The van der Waals surface area contributed by atoms with E-state index in [2.05, 4.69) is 4.72 Å². The molecule has 1 saturated heterocycles. The van der Waals surface area contributed by atoms with Gasteiger partial charge in [0.2, 0.25) is 15.9 Å². The van der Waals surface area contributed by atoms with Crippen LogP contribution in [-0.4, -0.2) is 50.7 Å². The molecule has 0 aromatic heterocycles. The minimum absolute atomic E-state index is 0.00847. The normalized spacial score (nSPS) is 18.0. The van der Waals surface area contributed by atoms with Crippen molar-refractivity contribution < 1.29 is 13.2 Å². The molecular formula is C11H23N3O3S. The Hall–Kier alpha value is -0.660. The maximum Gasteiger partial charge on any atom is 0.239 e. The van der Waals surface area contributed by atoms with Crippen molar-refractivity contribution in [3.8, 4) is 0 Å². The summed E-state index contributed by atoms with van der Waals surface area (Å²) in [5.74, 6) is 0.0667. The summed E-state index contributed by atoms with van der Waals surface area (Å²) in [5.41, 5.74) is 5.81. The maximum atomic E-state index is 11.9. The van der Waals surface area contributed by atoms with E-state index in [1.54, 1.807) is 11.8 Å². The molecule has 0 bridgehead atoms. The lowest BCUT2D eigenvalue weighted by molar-refractivity contribution is -0.131. The number of hydrogen-bond acceptors (Lipinski definition) is 4. The first-order valence-electron chi connectivity index (χ1n) is 6.48. The highest BCUT2D eigenvalue weighted by Crippen LogP contribution is 2.10. The quantitative estimate of drug-likeness (QED) is 0.622. The lowest BCUT2D eigenvalue weighted by Gasteiger charge is -2.20. The van der Waals surface area contributed by atoms with Crippen LogP contribution >= 0.6 is 0 Å². The number of amides is 1. The highest BCUT2D eigenvalue weighted by atomic mass is 32.2. The first-order chi connectivity index (χ1) is 8.46. The van der Waals surface area contributed by atoms with Gasteiger partial charge >= 0.3 is 0 Å². The number of nitrogens with one attached hydrogen (secondary N) is 1. The predicted molar refractivity (Wildman–Crippen MR) is 70.5 cm³/mol. The summed E-state index contributed by atoms with van der Waals surface area (Å²) in [6.45, 7) is 3.53. The second-order valence-corrected chi connectivity index (χ2v) is 6.67. The van der Waals surface area contributed by atoms with Gasteiger partial charge in [-0.25, -0.2) is 13.1 Å². The third-order valence-electron chi connectivity index (χ3n) is 3.13. The molecule has 1 atom stereocenters. The van der Waals surface area contributed by atoms with Gasteiger partial charge in [-0.05, 0) is 32.6 Å². The number of sulfonamides is 1. The molecule has 1 fully saturated rings. The van der Waals surface area contributed by atoms with Crippen LogP contribution in [0.3, 0.4) is 0 Å². The minimum Gasteiger partial charge on any atom is -0.341 e. The average molecular weight is 277 g/mol. The smallest absolute Gasteiger partial charge is 0.239 e. The summed E-state index contributed by atoms with van der Waals surface area (Å²) in [7, 11) is -3.14. The van der Waals surface area contributed by atoms with E-state index in [1.165, 1.54) is 0 Å². The average Bonchev–Trinajstić information content (AvgIpc) is 2.87. The largest absolute Gasteiger partial charge is 0.341 e. The number of likely N-dealkylation sites (tertiary alicyclic amines) is 1. The molecule has 3 N–H and O–H groups in total. The van der Waals surface area contributed by atoms with Crippen molar-refractivity contribution in [3.63, 3.8) is 0 Å². The highest BCUT2D eigenvalue weighted by molar-refractivity contribution is 7.89. The van der Waals surface area contributed by atoms with E-state index in [-0.39, 0.29) is 11.7 Å². The van der Waals surface area contributed by atoms with Crippen molar-refractivity contribution in [1.82, 2.24) is 9.62 Å². The fraction of sp³-hybridized carbons (Fsp3) is 0.909. The molecule has 0 radical (unpaired) electrons. The van der Waals surface area contributed by atoms with E-state index < -0.39 is 16.1 Å². The fourth-order valence-corrected chi connectivity index (χ4v) is 2.61. The van der Waals surface area contributed by atoms with Crippen LogP contribution in [0.1, 0.15) is 32.6 Å². The summed E-state index contributed by atoms with van der Waals surface area (Å²) in [6.07, 6.45) is 3.20. The van der Waals surface area contributed by atoms with Gasteiger partial charge in [0.25, 0.3) is 0 Å². The van der Waals surface area contributed by atoms with E-state index >= 15 is 0 Å². The summed E-state index contributed by atoms with van der Waals surface area (Å²) >= 11 is 0. The van der Waals surface area contributed by atoms with E-state index in [4.69, 9.17) is 5.73 Å². The SMILES string of the molecule is CCS(=O)(=O)NCCCC(N)C(=O)N1CCCC1. The summed E-state index contributed by atoms with van der Waals surface area (Å²) in [5, 5.41) is 0. The Kier molecular flexibility index (Phi) is 6.04. The third-order valence-corrected chi connectivity index (χ3v) is 4.53. The molecule has 0 saturated carbocycles. The zero-order valence-electron chi connectivity index (χ0n) is 10.9. The Labute approximate surface area is 109 Å². The topological polar surface area (TPSA) is 92.5 Å². The van der Waals surface area contributed by atoms with Crippen LogP contribution in [0.5, 0.6) is 0 Å². The second-order valence-electron chi connectivity index (χ2n) is 4.58. The molecule has 0 spiro atoms. The lowest BCUT2D eigenvalue weighted by Crippen LogP contribution is -2.42. The van der Waals surface area contributed by atoms with Crippen molar-refractivity contribution in [3.05, 3.63) is 0 Å². The van der Waals surface area contributed by atoms with Crippen LogP contribution < -0.4 is 10.5 Å². The summed E-state index contributed by atoms with van der Waals surface area (Å²) < 4.78 is 24.8. The number of nitrogens with two attached hydrogens (primary N) is 1. The number of hydrogen-bond donors (Lipinski definition) is 2. The van der Waals surface area contributed by atoms with Crippen LogP contribution in [0.4, 0.5) is 0 Å². The summed E-state index contributed by atoms with van der Waals surface area (Å²) in [4.78, 5) is 13.6. The summed E-state index contributed by atoms with van der Waals surface area (Å²) in [6, 6.07) is -0.505. The number of carbonyl (C=O) groups excluding carboxylic acids is 1. The fourth-order valence-electron chi connectivity index (χ4n) is 1.95. The third kappa shape index (κ3) is 4.91. The van der Waals surface area contributed by atoms with E-state index in [1.807, 2.05) is 0 Å². The number of nitrogens with zero attached hydrogens (tertiary/aromatic N) is 1. The zero-order valence-corrected chi connectivity index (χ0v) is 11.7. The molecule has 1 amide bonds. The molecular weight excluding hydrogens is 254 g/mol. The molecule has 1 heterocycles. The Morgan fingerprint density at radius 1 is 1.39 bits per heavy atom.